The molecular formula is C15H20ClN3S. The van der Waals surface area contributed by atoms with Gasteiger partial charge in [0.25, 0.3) is 0 Å². The van der Waals surface area contributed by atoms with E-state index in [0.717, 1.165) is 23.0 Å². The molecule has 0 aliphatic rings. The summed E-state index contributed by atoms with van der Waals surface area (Å²) in [5.74, 6) is 0. The highest BCUT2D eigenvalue weighted by Gasteiger charge is 2.22. The van der Waals surface area contributed by atoms with E-state index in [1.165, 1.54) is 4.88 Å². The highest BCUT2D eigenvalue weighted by Crippen LogP contribution is 2.31. The zero-order valence-corrected chi connectivity index (χ0v) is 13.4. The average Bonchev–Trinajstić information content (AvgIpc) is 2.83. The Labute approximate surface area is 129 Å². The molecule has 5 heteroatoms. The number of nitrogens with two attached hydrogens (primary N) is 1. The van der Waals surface area contributed by atoms with E-state index in [4.69, 9.17) is 17.3 Å². The molecule has 108 valence electrons. The van der Waals surface area contributed by atoms with Crippen LogP contribution in [0.1, 0.15) is 23.5 Å². The quantitative estimate of drug-likeness (QED) is 0.889. The second-order valence-electron chi connectivity index (χ2n) is 5.00. The Balaban J connectivity index is 2.02. The largest absolute Gasteiger partial charge is 0.326 e. The second kappa shape index (κ2) is 7.18. The predicted molar refractivity (Wildman–Crippen MR) is 86.3 cm³/mol. The lowest BCUT2D eigenvalue weighted by atomic mass is 10.1. The van der Waals surface area contributed by atoms with Crippen molar-refractivity contribution < 1.29 is 0 Å². The summed E-state index contributed by atoms with van der Waals surface area (Å²) in [4.78, 5) is 7.85. The molecule has 0 amide bonds. The summed E-state index contributed by atoms with van der Waals surface area (Å²) in [6.45, 7) is 2.95. The fraction of sp³-hybridized carbons (Fsp3) is 0.400. The maximum absolute atomic E-state index is 6.15. The molecule has 2 heterocycles. The van der Waals surface area contributed by atoms with E-state index in [9.17, 15) is 0 Å². The van der Waals surface area contributed by atoms with E-state index in [2.05, 4.69) is 29.1 Å². The van der Waals surface area contributed by atoms with Crippen LogP contribution in [-0.2, 0) is 6.42 Å². The van der Waals surface area contributed by atoms with Crippen LogP contribution in [0.5, 0.6) is 0 Å². The van der Waals surface area contributed by atoms with Crippen LogP contribution in [0.2, 0.25) is 4.34 Å². The van der Waals surface area contributed by atoms with Crippen molar-refractivity contribution in [1.82, 2.24) is 9.88 Å². The molecule has 0 saturated heterocycles. The van der Waals surface area contributed by atoms with E-state index in [1.807, 2.05) is 31.3 Å². The van der Waals surface area contributed by atoms with Crippen molar-refractivity contribution in [2.75, 3.05) is 13.6 Å². The molecule has 2 rings (SSSR count). The number of thiophene rings is 1. The average molecular weight is 310 g/mol. The number of hydrogen-bond donors (Lipinski definition) is 1. The number of hydrogen-bond acceptors (Lipinski definition) is 4. The van der Waals surface area contributed by atoms with Crippen LogP contribution in [0.15, 0.2) is 36.5 Å². The summed E-state index contributed by atoms with van der Waals surface area (Å²) in [5.41, 5.74) is 7.26. The Morgan fingerprint density at radius 3 is 2.70 bits per heavy atom. The number of aromatic nitrogens is 1. The fourth-order valence-electron chi connectivity index (χ4n) is 2.34. The number of pyridine rings is 1. The lowest BCUT2D eigenvalue weighted by Gasteiger charge is -2.30. The number of rotatable bonds is 6. The predicted octanol–water partition coefficient (Wildman–Crippen LogP) is 3.36. The van der Waals surface area contributed by atoms with Crippen LogP contribution in [-0.4, -0.2) is 29.5 Å². The van der Waals surface area contributed by atoms with Crippen LogP contribution in [0.3, 0.4) is 0 Å². The third-order valence-electron chi connectivity index (χ3n) is 3.31. The molecule has 0 saturated carbocycles. The highest BCUT2D eigenvalue weighted by atomic mass is 35.5. The number of nitrogens with zero attached hydrogens (tertiary/aromatic N) is 2. The first-order valence-electron chi connectivity index (χ1n) is 6.69. The van der Waals surface area contributed by atoms with Crippen molar-refractivity contribution in [3.05, 3.63) is 51.4 Å². The fourth-order valence-corrected chi connectivity index (χ4v) is 3.68. The highest BCUT2D eigenvalue weighted by molar-refractivity contribution is 7.16. The Bertz CT molecular complexity index is 527. The SMILES string of the molecule is CC(N)C(c1ccc(Cl)s1)N(C)CCc1ccccn1. The maximum atomic E-state index is 6.15. The zero-order valence-electron chi connectivity index (χ0n) is 11.8. The van der Waals surface area contributed by atoms with Gasteiger partial charge in [-0.15, -0.1) is 11.3 Å². The normalized spacial score (nSPS) is 14.4. The van der Waals surface area contributed by atoms with Gasteiger partial charge in [0.2, 0.25) is 0 Å². The van der Waals surface area contributed by atoms with Crippen LogP contribution in [0.25, 0.3) is 0 Å². The summed E-state index contributed by atoms with van der Waals surface area (Å²) in [7, 11) is 2.10. The summed E-state index contributed by atoms with van der Waals surface area (Å²) in [5, 5.41) is 0. The zero-order chi connectivity index (χ0) is 14.5. The van der Waals surface area contributed by atoms with Gasteiger partial charge in [0.1, 0.15) is 0 Å². The molecule has 0 spiro atoms. The monoisotopic (exact) mass is 309 g/mol. The van der Waals surface area contributed by atoms with Crippen LogP contribution in [0, 0.1) is 0 Å². The molecule has 0 aromatic carbocycles. The van der Waals surface area contributed by atoms with Crippen molar-refractivity contribution >= 4 is 22.9 Å². The lowest BCUT2D eigenvalue weighted by molar-refractivity contribution is 0.224. The summed E-state index contributed by atoms with van der Waals surface area (Å²) in [6.07, 6.45) is 2.75. The number of halogens is 1. The van der Waals surface area contributed by atoms with Crippen LogP contribution >= 0.6 is 22.9 Å². The first kappa shape index (κ1) is 15.4. The minimum atomic E-state index is 0.0541. The molecule has 0 aliphatic carbocycles. The van der Waals surface area contributed by atoms with E-state index < -0.39 is 0 Å². The molecule has 0 radical (unpaired) electrons. The molecule has 2 unspecified atom stereocenters. The van der Waals surface area contributed by atoms with Gasteiger partial charge in [-0.2, -0.15) is 0 Å². The Hall–Kier alpha value is -0.940. The molecule has 20 heavy (non-hydrogen) atoms. The van der Waals surface area contributed by atoms with Crippen molar-refractivity contribution in [2.24, 2.45) is 5.73 Å². The van der Waals surface area contributed by atoms with E-state index in [0.29, 0.717) is 0 Å². The minimum absolute atomic E-state index is 0.0541. The number of likely N-dealkylation sites (N-methyl/N-ethyl adjacent to an activating group) is 1. The van der Waals surface area contributed by atoms with Gasteiger partial charge in [-0.05, 0) is 38.2 Å². The molecule has 0 aliphatic heterocycles. The van der Waals surface area contributed by atoms with Gasteiger partial charge in [-0.1, -0.05) is 17.7 Å². The molecular weight excluding hydrogens is 290 g/mol. The van der Waals surface area contributed by atoms with Gasteiger partial charge in [0.15, 0.2) is 0 Å². The summed E-state index contributed by atoms with van der Waals surface area (Å²) < 4.78 is 0.809. The van der Waals surface area contributed by atoms with E-state index in [1.54, 1.807) is 11.3 Å². The van der Waals surface area contributed by atoms with Gasteiger partial charge in [-0.25, -0.2) is 0 Å². The third kappa shape index (κ3) is 4.03. The van der Waals surface area contributed by atoms with Gasteiger partial charge in [-0.3, -0.25) is 9.88 Å². The van der Waals surface area contributed by atoms with Crippen molar-refractivity contribution in [3.63, 3.8) is 0 Å². The third-order valence-corrected chi connectivity index (χ3v) is 4.61. The van der Waals surface area contributed by atoms with Crippen LogP contribution in [0.4, 0.5) is 0 Å². The molecule has 3 nitrogen and oxygen atoms in total. The van der Waals surface area contributed by atoms with E-state index >= 15 is 0 Å². The minimum Gasteiger partial charge on any atom is -0.326 e. The second-order valence-corrected chi connectivity index (χ2v) is 6.74. The van der Waals surface area contributed by atoms with Gasteiger partial charge >= 0.3 is 0 Å². The molecule has 0 bridgehead atoms. The van der Waals surface area contributed by atoms with Gasteiger partial charge in [0.05, 0.1) is 10.4 Å². The smallest absolute Gasteiger partial charge is 0.0931 e. The van der Waals surface area contributed by atoms with Crippen molar-refractivity contribution in [3.8, 4) is 0 Å². The van der Waals surface area contributed by atoms with Crippen molar-refractivity contribution in [2.45, 2.75) is 25.4 Å². The summed E-state index contributed by atoms with van der Waals surface area (Å²) >= 11 is 7.64. The van der Waals surface area contributed by atoms with E-state index in [-0.39, 0.29) is 12.1 Å². The molecule has 2 atom stereocenters. The Kier molecular flexibility index (Phi) is 5.54. The van der Waals surface area contributed by atoms with Crippen LogP contribution < -0.4 is 5.73 Å². The summed E-state index contributed by atoms with van der Waals surface area (Å²) in [6, 6.07) is 10.3. The molecule has 0 fully saturated rings. The standard InChI is InChI=1S/C15H20ClN3S/c1-11(17)15(13-6-7-14(16)20-13)19(2)10-8-12-5-3-4-9-18-12/h3-7,9,11,15H,8,10,17H2,1-2H3. The molecule has 2 aromatic heterocycles. The first-order chi connectivity index (χ1) is 9.58. The first-order valence-corrected chi connectivity index (χ1v) is 7.88. The van der Waals surface area contributed by atoms with Gasteiger partial charge < -0.3 is 5.73 Å². The Morgan fingerprint density at radius 2 is 2.15 bits per heavy atom. The maximum Gasteiger partial charge on any atom is 0.0931 e. The van der Waals surface area contributed by atoms with Gasteiger partial charge in [0, 0.05) is 35.8 Å². The molecule has 2 aromatic rings. The Morgan fingerprint density at radius 1 is 1.35 bits per heavy atom. The van der Waals surface area contributed by atoms with Crippen molar-refractivity contribution in [1.29, 1.82) is 0 Å². The molecule has 2 N–H and O–H groups in total. The topological polar surface area (TPSA) is 42.1 Å². The lowest BCUT2D eigenvalue weighted by Crippen LogP contribution is -2.37.